The molecule has 0 heterocycles. The van der Waals surface area contributed by atoms with Crippen LogP contribution in [-0.4, -0.2) is 5.78 Å². The van der Waals surface area contributed by atoms with Gasteiger partial charge in [-0.3, -0.25) is 4.79 Å². The van der Waals surface area contributed by atoms with Gasteiger partial charge in [-0.05, 0) is 52.9 Å². The first-order valence-corrected chi connectivity index (χ1v) is 6.24. The first-order chi connectivity index (χ1) is 7.43. The second-order valence-corrected chi connectivity index (χ2v) is 4.95. The number of carbonyl (C=O) groups is 1. The highest BCUT2D eigenvalue weighted by Gasteiger charge is 2.06. The first kappa shape index (κ1) is 15.2. The van der Waals surface area contributed by atoms with E-state index in [4.69, 9.17) is 0 Å². The second kappa shape index (κ2) is 8.32. The van der Waals surface area contributed by atoms with Crippen molar-refractivity contribution in [2.45, 2.75) is 59.8 Å². The van der Waals surface area contributed by atoms with E-state index < -0.39 is 0 Å². The molecule has 1 atom stereocenters. The Bertz CT molecular complexity index is 261. The molecule has 1 heteroatoms. The highest BCUT2D eigenvalue weighted by molar-refractivity contribution is 5.77. The van der Waals surface area contributed by atoms with Gasteiger partial charge < -0.3 is 0 Å². The van der Waals surface area contributed by atoms with Crippen LogP contribution in [0, 0.1) is 5.92 Å². The molecule has 0 saturated heterocycles. The Balaban J connectivity index is 3.68. The van der Waals surface area contributed by atoms with Crippen molar-refractivity contribution in [3.8, 4) is 0 Å². The molecule has 92 valence electrons. The van der Waals surface area contributed by atoms with Crippen LogP contribution in [-0.2, 0) is 4.79 Å². The van der Waals surface area contributed by atoms with Crippen molar-refractivity contribution in [1.29, 1.82) is 0 Å². The molecule has 0 aliphatic heterocycles. The maximum atomic E-state index is 11.0. The van der Waals surface area contributed by atoms with E-state index >= 15 is 0 Å². The standard InChI is InChI=1S/C15H26O/c1-12(2)8-6-9-13(3)10-7-11-14(4)15(5)16/h9,14H,1,6-8,10-11H2,2-5H3/b13-9+. The molecule has 0 radical (unpaired) electrons. The molecule has 0 fully saturated rings. The van der Waals surface area contributed by atoms with Crippen LogP contribution in [0.2, 0.25) is 0 Å². The molecule has 0 rings (SSSR count). The van der Waals surface area contributed by atoms with Crippen LogP contribution in [0.5, 0.6) is 0 Å². The number of ketones is 1. The molecule has 0 bridgehead atoms. The summed E-state index contributed by atoms with van der Waals surface area (Å²) in [6.45, 7) is 11.8. The lowest BCUT2D eigenvalue weighted by Gasteiger charge is -2.07. The van der Waals surface area contributed by atoms with Gasteiger partial charge in [-0.1, -0.05) is 24.1 Å². The van der Waals surface area contributed by atoms with E-state index in [2.05, 4.69) is 26.5 Å². The molecular formula is C15H26O. The highest BCUT2D eigenvalue weighted by Crippen LogP contribution is 2.14. The second-order valence-electron chi connectivity index (χ2n) is 4.95. The number of rotatable bonds is 8. The zero-order valence-corrected chi connectivity index (χ0v) is 11.3. The third-order valence-electron chi connectivity index (χ3n) is 2.97. The van der Waals surface area contributed by atoms with Crippen LogP contribution < -0.4 is 0 Å². The van der Waals surface area contributed by atoms with Crippen LogP contribution in [0.25, 0.3) is 0 Å². The summed E-state index contributed by atoms with van der Waals surface area (Å²) in [6.07, 6.45) is 7.74. The number of carbonyl (C=O) groups excluding carboxylic acids is 1. The molecule has 0 N–H and O–H groups in total. The fourth-order valence-corrected chi connectivity index (χ4v) is 1.56. The molecule has 0 spiro atoms. The zero-order valence-electron chi connectivity index (χ0n) is 11.3. The minimum Gasteiger partial charge on any atom is -0.300 e. The van der Waals surface area contributed by atoms with E-state index in [0.29, 0.717) is 5.78 Å². The summed E-state index contributed by atoms with van der Waals surface area (Å²) in [4.78, 5) is 11.0. The molecule has 0 aromatic carbocycles. The zero-order chi connectivity index (χ0) is 12.6. The van der Waals surface area contributed by atoms with Crippen molar-refractivity contribution in [1.82, 2.24) is 0 Å². The molecule has 0 aromatic rings. The average Bonchev–Trinajstić information content (AvgIpc) is 2.16. The van der Waals surface area contributed by atoms with E-state index in [1.807, 2.05) is 6.92 Å². The summed E-state index contributed by atoms with van der Waals surface area (Å²) in [7, 11) is 0. The van der Waals surface area contributed by atoms with Crippen molar-refractivity contribution in [3.63, 3.8) is 0 Å². The fourth-order valence-electron chi connectivity index (χ4n) is 1.56. The molecule has 1 nitrogen and oxygen atoms in total. The van der Waals surface area contributed by atoms with Gasteiger partial charge in [0.15, 0.2) is 0 Å². The molecule has 0 aliphatic rings. The van der Waals surface area contributed by atoms with Gasteiger partial charge in [-0.15, -0.1) is 6.58 Å². The minimum absolute atomic E-state index is 0.225. The summed E-state index contributed by atoms with van der Waals surface area (Å²) in [5.41, 5.74) is 2.69. The number of allylic oxidation sites excluding steroid dienone is 3. The van der Waals surface area contributed by atoms with Gasteiger partial charge in [0.05, 0.1) is 0 Å². The largest absolute Gasteiger partial charge is 0.300 e. The normalized spacial score (nSPS) is 13.6. The molecule has 0 aliphatic carbocycles. The first-order valence-electron chi connectivity index (χ1n) is 6.24. The Morgan fingerprint density at radius 2 is 1.88 bits per heavy atom. The van der Waals surface area contributed by atoms with Gasteiger partial charge in [0.2, 0.25) is 0 Å². The fraction of sp³-hybridized carbons (Fsp3) is 0.667. The highest BCUT2D eigenvalue weighted by atomic mass is 16.1. The van der Waals surface area contributed by atoms with Crippen molar-refractivity contribution < 1.29 is 4.79 Å². The molecule has 16 heavy (non-hydrogen) atoms. The van der Waals surface area contributed by atoms with Gasteiger partial charge >= 0.3 is 0 Å². The smallest absolute Gasteiger partial charge is 0.132 e. The van der Waals surface area contributed by atoms with E-state index in [1.54, 1.807) is 6.92 Å². The maximum absolute atomic E-state index is 11.0. The van der Waals surface area contributed by atoms with Crippen LogP contribution >= 0.6 is 0 Å². The quantitative estimate of drug-likeness (QED) is 0.545. The number of hydrogen-bond acceptors (Lipinski definition) is 1. The van der Waals surface area contributed by atoms with E-state index in [0.717, 1.165) is 32.1 Å². The van der Waals surface area contributed by atoms with E-state index in [9.17, 15) is 4.79 Å². The lowest BCUT2D eigenvalue weighted by Crippen LogP contribution is -2.05. The summed E-state index contributed by atoms with van der Waals surface area (Å²) in [6, 6.07) is 0. The molecule has 0 amide bonds. The van der Waals surface area contributed by atoms with Gasteiger partial charge in [0.25, 0.3) is 0 Å². The predicted molar refractivity (Wildman–Crippen MR) is 71.5 cm³/mol. The monoisotopic (exact) mass is 222 g/mol. The average molecular weight is 222 g/mol. The number of Topliss-reactive ketones (excluding diaryl/α,β-unsaturated/α-hetero) is 1. The number of hydrogen-bond donors (Lipinski definition) is 0. The van der Waals surface area contributed by atoms with Crippen LogP contribution in [0.1, 0.15) is 59.8 Å². The van der Waals surface area contributed by atoms with Crippen LogP contribution in [0.4, 0.5) is 0 Å². The molecule has 0 saturated carbocycles. The lowest BCUT2D eigenvalue weighted by molar-refractivity contribution is -0.120. The molecule has 1 unspecified atom stereocenters. The minimum atomic E-state index is 0.225. The SMILES string of the molecule is C=C(C)CC/C=C(\C)CCCC(C)C(C)=O. The van der Waals surface area contributed by atoms with Gasteiger partial charge in [-0.25, -0.2) is 0 Å². The Morgan fingerprint density at radius 3 is 2.38 bits per heavy atom. The Hall–Kier alpha value is -0.850. The van der Waals surface area contributed by atoms with Gasteiger partial charge in [0, 0.05) is 5.92 Å². The van der Waals surface area contributed by atoms with Crippen LogP contribution in [0.15, 0.2) is 23.8 Å². The third kappa shape index (κ3) is 8.46. The van der Waals surface area contributed by atoms with Crippen molar-refractivity contribution >= 4 is 5.78 Å². The third-order valence-corrected chi connectivity index (χ3v) is 2.97. The maximum Gasteiger partial charge on any atom is 0.132 e. The Morgan fingerprint density at radius 1 is 1.25 bits per heavy atom. The predicted octanol–water partition coefficient (Wildman–Crippen LogP) is 4.68. The Kier molecular flexibility index (Phi) is 7.88. The van der Waals surface area contributed by atoms with E-state index in [-0.39, 0.29) is 5.92 Å². The summed E-state index contributed by atoms with van der Waals surface area (Å²) < 4.78 is 0. The van der Waals surface area contributed by atoms with Gasteiger partial charge in [-0.2, -0.15) is 0 Å². The summed E-state index contributed by atoms with van der Waals surface area (Å²) in [5.74, 6) is 0.534. The van der Waals surface area contributed by atoms with Crippen molar-refractivity contribution in [2.24, 2.45) is 5.92 Å². The van der Waals surface area contributed by atoms with Gasteiger partial charge in [0.1, 0.15) is 5.78 Å². The topological polar surface area (TPSA) is 17.1 Å². The van der Waals surface area contributed by atoms with Crippen molar-refractivity contribution in [2.75, 3.05) is 0 Å². The Labute approximate surface area is 101 Å². The lowest BCUT2D eigenvalue weighted by atomic mass is 9.98. The molecule has 0 aromatic heterocycles. The van der Waals surface area contributed by atoms with Crippen molar-refractivity contribution in [3.05, 3.63) is 23.8 Å². The van der Waals surface area contributed by atoms with E-state index in [1.165, 1.54) is 11.1 Å². The summed E-state index contributed by atoms with van der Waals surface area (Å²) >= 11 is 0. The van der Waals surface area contributed by atoms with Crippen LogP contribution in [0.3, 0.4) is 0 Å². The molecular weight excluding hydrogens is 196 g/mol. The summed E-state index contributed by atoms with van der Waals surface area (Å²) in [5, 5.41) is 0.